The van der Waals surface area contributed by atoms with Crippen LogP contribution < -0.4 is 10.6 Å². The van der Waals surface area contributed by atoms with Crippen molar-refractivity contribution in [3.63, 3.8) is 0 Å². The van der Waals surface area contributed by atoms with Crippen LogP contribution in [0.4, 0.5) is 0 Å². The molecule has 0 radical (unpaired) electrons. The Kier molecular flexibility index (Phi) is 8.16. The zero-order valence-electron chi connectivity index (χ0n) is 11.7. The van der Waals surface area contributed by atoms with Crippen molar-refractivity contribution in [2.75, 3.05) is 20.6 Å². The number of guanidine groups is 1. The van der Waals surface area contributed by atoms with Crippen LogP contribution in [0.1, 0.15) is 46.0 Å². The molecule has 0 aromatic carbocycles. The number of aliphatic imine (C=N–C) groups is 1. The van der Waals surface area contributed by atoms with Gasteiger partial charge in [0, 0.05) is 20.6 Å². The van der Waals surface area contributed by atoms with Gasteiger partial charge in [-0.15, -0.1) is 24.0 Å². The number of halogens is 1. The second kappa shape index (κ2) is 8.16. The summed E-state index contributed by atoms with van der Waals surface area (Å²) < 4.78 is 0. The monoisotopic (exact) mass is 353 g/mol. The molecule has 3 nitrogen and oxygen atoms in total. The molecule has 0 spiro atoms. The van der Waals surface area contributed by atoms with E-state index in [1.165, 1.54) is 32.1 Å². The van der Waals surface area contributed by atoms with Crippen LogP contribution in [0.2, 0.25) is 0 Å². The molecule has 2 N–H and O–H groups in total. The van der Waals surface area contributed by atoms with Gasteiger partial charge in [-0.25, -0.2) is 0 Å². The summed E-state index contributed by atoms with van der Waals surface area (Å²) in [5.41, 5.74) is 0.515. The third kappa shape index (κ3) is 5.44. The lowest BCUT2D eigenvalue weighted by molar-refractivity contribution is 0.235. The second-order valence-electron chi connectivity index (χ2n) is 5.48. The summed E-state index contributed by atoms with van der Waals surface area (Å²) in [6, 6.07) is 0. The van der Waals surface area contributed by atoms with Crippen molar-refractivity contribution >= 4 is 29.9 Å². The minimum atomic E-state index is 0. The summed E-state index contributed by atoms with van der Waals surface area (Å²) in [6.45, 7) is 5.72. The highest BCUT2D eigenvalue weighted by Gasteiger charge is 2.34. The minimum absolute atomic E-state index is 0. The quantitative estimate of drug-likeness (QED) is 0.463. The summed E-state index contributed by atoms with van der Waals surface area (Å²) in [7, 11) is 3.74. The van der Waals surface area contributed by atoms with Crippen molar-refractivity contribution in [1.29, 1.82) is 0 Å². The Balaban J connectivity index is 0.00000256. The van der Waals surface area contributed by atoms with Crippen LogP contribution in [0.15, 0.2) is 4.99 Å². The van der Waals surface area contributed by atoms with Gasteiger partial charge in [-0.3, -0.25) is 4.99 Å². The lowest BCUT2D eigenvalue weighted by Gasteiger charge is -2.31. The molecule has 0 bridgehead atoms. The van der Waals surface area contributed by atoms with Gasteiger partial charge in [0.2, 0.25) is 0 Å². The first kappa shape index (κ1) is 17.0. The fraction of sp³-hybridized carbons (Fsp3) is 0.923. The van der Waals surface area contributed by atoms with E-state index in [2.05, 4.69) is 29.5 Å². The first-order valence-corrected chi connectivity index (χ1v) is 6.50. The number of hydrogen-bond donors (Lipinski definition) is 2. The summed E-state index contributed by atoms with van der Waals surface area (Å²) in [5, 5.41) is 6.53. The first-order chi connectivity index (χ1) is 7.62. The highest BCUT2D eigenvalue weighted by molar-refractivity contribution is 14.0. The Labute approximate surface area is 123 Å². The van der Waals surface area contributed by atoms with E-state index in [0.29, 0.717) is 5.41 Å². The zero-order valence-corrected chi connectivity index (χ0v) is 14.0. The highest BCUT2D eigenvalue weighted by Crippen LogP contribution is 2.42. The summed E-state index contributed by atoms with van der Waals surface area (Å²) in [4.78, 5) is 4.17. The summed E-state index contributed by atoms with van der Waals surface area (Å²) >= 11 is 0. The maximum absolute atomic E-state index is 4.17. The van der Waals surface area contributed by atoms with Crippen LogP contribution in [0.3, 0.4) is 0 Å². The predicted octanol–water partition coefficient (Wildman–Crippen LogP) is 3.01. The van der Waals surface area contributed by atoms with Crippen molar-refractivity contribution in [3.8, 4) is 0 Å². The largest absolute Gasteiger partial charge is 0.359 e. The molecule has 1 saturated carbocycles. The normalized spacial score (nSPS) is 19.0. The van der Waals surface area contributed by atoms with E-state index < -0.39 is 0 Å². The molecule has 17 heavy (non-hydrogen) atoms. The average molecular weight is 353 g/mol. The van der Waals surface area contributed by atoms with Gasteiger partial charge in [-0.2, -0.15) is 0 Å². The maximum atomic E-state index is 4.17. The number of hydrogen-bond acceptors (Lipinski definition) is 1. The van der Waals surface area contributed by atoms with Gasteiger partial charge in [0.1, 0.15) is 0 Å². The molecule has 0 unspecified atom stereocenters. The molecule has 1 fully saturated rings. The fourth-order valence-electron chi connectivity index (χ4n) is 2.99. The smallest absolute Gasteiger partial charge is 0.190 e. The van der Waals surface area contributed by atoms with Gasteiger partial charge in [0.05, 0.1) is 0 Å². The molecule has 0 aromatic rings. The second-order valence-corrected chi connectivity index (χ2v) is 5.48. The Morgan fingerprint density at radius 2 is 1.88 bits per heavy atom. The molecule has 0 heterocycles. The third-order valence-corrected chi connectivity index (χ3v) is 3.60. The van der Waals surface area contributed by atoms with Crippen LogP contribution in [0.5, 0.6) is 0 Å². The minimum Gasteiger partial charge on any atom is -0.359 e. The van der Waals surface area contributed by atoms with Gasteiger partial charge >= 0.3 is 0 Å². The third-order valence-electron chi connectivity index (χ3n) is 3.60. The molecule has 0 saturated heterocycles. The van der Waals surface area contributed by atoms with Gasteiger partial charge in [0.25, 0.3) is 0 Å². The number of nitrogens with one attached hydrogen (secondary N) is 2. The number of nitrogens with zero attached hydrogens (tertiary/aromatic N) is 1. The van der Waals surface area contributed by atoms with Crippen LogP contribution >= 0.6 is 24.0 Å². The summed E-state index contributed by atoms with van der Waals surface area (Å²) in [5.74, 6) is 1.70. The molecule has 0 amide bonds. The molecule has 4 heteroatoms. The molecule has 0 aliphatic heterocycles. The van der Waals surface area contributed by atoms with E-state index >= 15 is 0 Å². The predicted molar refractivity (Wildman–Crippen MR) is 86.2 cm³/mol. The van der Waals surface area contributed by atoms with E-state index in [1.54, 1.807) is 0 Å². The molecule has 0 aromatic heterocycles. The molecule has 1 aliphatic carbocycles. The molecule has 102 valence electrons. The fourth-order valence-corrected chi connectivity index (χ4v) is 2.99. The molecule has 1 aliphatic rings. The standard InChI is InChI=1S/C13H27N3.HI/c1-11(2)9-13(7-5-6-8-13)10-16-12(14-3)15-4;/h11H,5-10H2,1-4H3,(H2,14,15,16);1H. The van der Waals surface area contributed by atoms with Crippen LogP contribution in [-0.4, -0.2) is 26.6 Å². The van der Waals surface area contributed by atoms with E-state index in [4.69, 9.17) is 0 Å². The van der Waals surface area contributed by atoms with E-state index in [-0.39, 0.29) is 24.0 Å². The van der Waals surface area contributed by atoms with E-state index in [9.17, 15) is 0 Å². The van der Waals surface area contributed by atoms with Gasteiger partial charge in [-0.05, 0) is 30.6 Å². The summed E-state index contributed by atoms with van der Waals surface area (Å²) in [6.07, 6.45) is 6.87. The van der Waals surface area contributed by atoms with Crippen molar-refractivity contribution in [2.45, 2.75) is 46.0 Å². The van der Waals surface area contributed by atoms with Gasteiger partial charge < -0.3 is 10.6 Å². The van der Waals surface area contributed by atoms with Gasteiger partial charge in [0.15, 0.2) is 5.96 Å². The van der Waals surface area contributed by atoms with Crippen LogP contribution in [-0.2, 0) is 0 Å². The molecule has 0 atom stereocenters. The van der Waals surface area contributed by atoms with Crippen molar-refractivity contribution in [2.24, 2.45) is 16.3 Å². The van der Waals surface area contributed by atoms with Crippen LogP contribution in [0, 0.1) is 11.3 Å². The maximum Gasteiger partial charge on any atom is 0.190 e. The van der Waals surface area contributed by atoms with Crippen LogP contribution in [0.25, 0.3) is 0 Å². The van der Waals surface area contributed by atoms with Crippen molar-refractivity contribution in [1.82, 2.24) is 10.6 Å². The molecule has 1 rings (SSSR count). The Hall–Kier alpha value is 0. The lowest BCUT2D eigenvalue weighted by Crippen LogP contribution is -2.42. The average Bonchev–Trinajstić information content (AvgIpc) is 2.67. The highest BCUT2D eigenvalue weighted by atomic mass is 127. The topological polar surface area (TPSA) is 36.4 Å². The van der Waals surface area contributed by atoms with Gasteiger partial charge in [-0.1, -0.05) is 26.7 Å². The number of rotatable bonds is 4. The Morgan fingerprint density at radius 1 is 1.29 bits per heavy atom. The SMILES string of the molecule is CN=C(NC)NCC1(CC(C)C)CCCC1.I. The molecular weight excluding hydrogens is 325 g/mol. The van der Waals surface area contributed by atoms with E-state index in [0.717, 1.165) is 18.4 Å². The van der Waals surface area contributed by atoms with E-state index in [1.807, 2.05) is 14.1 Å². The lowest BCUT2D eigenvalue weighted by atomic mass is 9.78. The molecular formula is C13H28IN3. The first-order valence-electron chi connectivity index (χ1n) is 6.50. The zero-order chi connectivity index (χ0) is 12.0. The van der Waals surface area contributed by atoms with Crippen molar-refractivity contribution < 1.29 is 0 Å². The van der Waals surface area contributed by atoms with Crippen molar-refractivity contribution in [3.05, 3.63) is 0 Å². The Morgan fingerprint density at radius 3 is 2.29 bits per heavy atom. The Bertz CT molecular complexity index is 233.